The van der Waals surface area contributed by atoms with E-state index in [1.54, 1.807) is 6.92 Å². The number of likely N-dealkylation sites (tertiary alicyclic amines) is 1. The third-order valence-electron chi connectivity index (χ3n) is 5.21. The molecule has 2 aromatic heterocycles. The molecule has 1 atom stereocenters. The molecule has 0 spiro atoms. The Balaban J connectivity index is 1.32. The molecular weight excluding hydrogens is 338 g/mol. The molecule has 0 aliphatic carbocycles. The summed E-state index contributed by atoms with van der Waals surface area (Å²) in [6, 6.07) is 15.0. The lowest BCUT2D eigenvalue weighted by Gasteiger charge is -2.31. The van der Waals surface area contributed by atoms with Crippen molar-refractivity contribution in [2.24, 2.45) is 0 Å². The molecule has 3 heterocycles. The minimum Gasteiger partial charge on any atom is -0.387 e. The number of rotatable bonds is 5. The van der Waals surface area contributed by atoms with E-state index < -0.39 is 6.10 Å². The maximum atomic E-state index is 9.61. The summed E-state index contributed by atoms with van der Waals surface area (Å²) in [6.07, 6.45) is 5.24. The van der Waals surface area contributed by atoms with Crippen molar-refractivity contribution in [3.63, 3.8) is 0 Å². The second kappa shape index (κ2) is 7.98. The van der Waals surface area contributed by atoms with E-state index in [1.807, 2.05) is 35.3 Å². The first-order chi connectivity index (χ1) is 13.2. The van der Waals surface area contributed by atoms with E-state index in [-0.39, 0.29) is 0 Å². The van der Waals surface area contributed by atoms with Gasteiger partial charge >= 0.3 is 0 Å². The van der Waals surface area contributed by atoms with E-state index in [1.165, 1.54) is 5.56 Å². The minimum atomic E-state index is -0.562. The van der Waals surface area contributed by atoms with Crippen molar-refractivity contribution < 1.29 is 5.11 Å². The molecule has 4 rings (SSSR count). The van der Waals surface area contributed by atoms with Crippen LogP contribution in [0.2, 0.25) is 0 Å². The molecule has 0 saturated carbocycles. The third-order valence-corrected chi connectivity index (χ3v) is 5.21. The summed E-state index contributed by atoms with van der Waals surface area (Å²) in [5, 5.41) is 17.9. The summed E-state index contributed by atoms with van der Waals surface area (Å²) < 4.78 is 1.92. The van der Waals surface area contributed by atoms with Crippen LogP contribution in [0.5, 0.6) is 0 Å². The molecule has 0 amide bonds. The van der Waals surface area contributed by atoms with Crippen LogP contribution in [-0.4, -0.2) is 43.1 Å². The molecule has 6 heteroatoms. The van der Waals surface area contributed by atoms with Crippen molar-refractivity contribution in [3.05, 3.63) is 66.1 Å². The highest BCUT2D eigenvalue weighted by molar-refractivity contribution is 5.58. The standard InChI is InChI=1S/C21H25N5O/c1-16(27)21-15-26(24-23-21)19-9-12-25(13-10-19)14-17-5-7-18(8-6-17)20-4-2-3-11-22-20/h2-8,11,15-16,19,27H,9-10,12-14H2,1H3. The van der Waals surface area contributed by atoms with E-state index in [2.05, 4.69) is 44.5 Å². The van der Waals surface area contributed by atoms with Gasteiger partial charge in [-0.1, -0.05) is 35.5 Å². The van der Waals surface area contributed by atoms with Crippen LogP contribution in [0.15, 0.2) is 54.9 Å². The molecule has 27 heavy (non-hydrogen) atoms. The Morgan fingerprint density at radius 3 is 2.52 bits per heavy atom. The normalized spacial score (nSPS) is 17.1. The molecular formula is C21H25N5O. The zero-order chi connectivity index (χ0) is 18.6. The Hall–Kier alpha value is -2.57. The Bertz CT molecular complexity index is 852. The summed E-state index contributed by atoms with van der Waals surface area (Å²) in [4.78, 5) is 6.89. The van der Waals surface area contributed by atoms with Crippen molar-refractivity contribution in [1.82, 2.24) is 24.9 Å². The van der Waals surface area contributed by atoms with Crippen LogP contribution in [-0.2, 0) is 6.54 Å². The van der Waals surface area contributed by atoms with Crippen LogP contribution >= 0.6 is 0 Å². The van der Waals surface area contributed by atoms with Gasteiger partial charge in [0.2, 0.25) is 0 Å². The largest absolute Gasteiger partial charge is 0.387 e. The highest BCUT2D eigenvalue weighted by Gasteiger charge is 2.22. The number of hydrogen-bond acceptors (Lipinski definition) is 5. The van der Waals surface area contributed by atoms with Gasteiger partial charge in [0.25, 0.3) is 0 Å². The van der Waals surface area contributed by atoms with Gasteiger partial charge in [-0.15, -0.1) is 5.10 Å². The number of benzene rings is 1. The van der Waals surface area contributed by atoms with Gasteiger partial charge < -0.3 is 5.11 Å². The number of pyridine rings is 1. The molecule has 1 unspecified atom stereocenters. The van der Waals surface area contributed by atoms with Gasteiger partial charge in [-0.05, 0) is 37.5 Å². The molecule has 1 fully saturated rings. The second-order valence-corrected chi connectivity index (χ2v) is 7.22. The molecule has 0 bridgehead atoms. The van der Waals surface area contributed by atoms with Crippen LogP contribution in [0.25, 0.3) is 11.3 Å². The predicted molar refractivity (Wildman–Crippen MR) is 104 cm³/mol. The summed E-state index contributed by atoms with van der Waals surface area (Å²) >= 11 is 0. The molecule has 6 nitrogen and oxygen atoms in total. The second-order valence-electron chi connectivity index (χ2n) is 7.22. The zero-order valence-corrected chi connectivity index (χ0v) is 15.6. The lowest BCUT2D eigenvalue weighted by Crippen LogP contribution is -2.34. The third kappa shape index (κ3) is 4.23. The van der Waals surface area contributed by atoms with E-state index in [4.69, 9.17) is 0 Å². The first-order valence-electron chi connectivity index (χ1n) is 9.51. The fourth-order valence-corrected chi connectivity index (χ4v) is 3.57. The molecule has 1 aliphatic rings. The molecule has 1 N–H and O–H groups in total. The number of aromatic nitrogens is 4. The highest BCUT2D eigenvalue weighted by atomic mass is 16.3. The summed E-state index contributed by atoms with van der Waals surface area (Å²) in [5.41, 5.74) is 4.13. The van der Waals surface area contributed by atoms with E-state index in [0.29, 0.717) is 11.7 Å². The fourth-order valence-electron chi connectivity index (χ4n) is 3.57. The molecule has 1 saturated heterocycles. The maximum Gasteiger partial charge on any atom is 0.111 e. The number of aliphatic hydroxyl groups excluding tert-OH is 1. The van der Waals surface area contributed by atoms with E-state index in [0.717, 1.165) is 43.7 Å². The van der Waals surface area contributed by atoms with E-state index >= 15 is 0 Å². The Morgan fingerprint density at radius 1 is 1.11 bits per heavy atom. The number of piperidine rings is 1. The fraction of sp³-hybridized carbons (Fsp3) is 0.381. The quantitative estimate of drug-likeness (QED) is 0.754. The van der Waals surface area contributed by atoms with Crippen molar-refractivity contribution in [1.29, 1.82) is 0 Å². The van der Waals surface area contributed by atoms with Crippen LogP contribution in [0.1, 0.15) is 43.2 Å². The first kappa shape index (κ1) is 17.8. The minimum absolute atomic E-state index is 0.368. The number of aliphatic hydroxyl groups is 1. The SMILES string of the molecule is CC(O)c1cn(C2CCN(Cc3ccc(-c4ccccn4)cc3)CC2)nn1. The Morgan fingerprint density at radius 2 is 1.89 bits per heavy atom. The van der Waals surface area contributed by atoms with Crippen molar-refractivity contribution in [2.75, 3.05) is 13.1 Å². The van der Waals surface area contributed by atoms with Crippen LogP contribution in [0.3, 0.4) is 0 Å². The molecule has 140 valence electrons. The van der Waals surface area contributed by atoms with Crippen molar-refractivity contribution in [3.8, 4) is 11.3 Å². The van der Waals surface area contributed by atoms with Gasteiger partial charge in [-0.2, -0.15) is 0 Å². The van der Waals surface area contributed by atoms with Gasteiger partial charge in [0.15, 0.2) is 0 Å². The lowest BCUT2D eigenvalue weighted by molar-refractivity contribution is 0.172. The van der Waals surface area contributed by atoms with Gasteiger partial charge in [0, 0.05) is 31.4 Å². The predicted octanol–water partition coefficient (Wildman–Crippen LogP) is 3.23. The molecule has 0 radical (unpaired) electrons. The monoisotopic (exact) mass is 363 g/mol. The average molecular weight is 363 g/mol. The summed E-state index contributed by atoms with van der Waals surface area (Å²) in [6.45, 7) is 4.76. The molecule has 1 aliphatic heterocycles. The zero-order valence-electron chi connectivity index (χ0n) is 15.6. The smallest absolute Gasteiger partial charge is 0.111 e. The maximum absolute atomic E-state index is 9.61. The van der Waals surface area contributed by atoms with Gasteiger partial charge in [-0.25, -0.2) is 4.68 Å². The topological polar surface area (TPSA) is 67.1 Å². The average Bonchev–Trinajstić information content (AvgIpc) is 3.20. The number of hydrogen-bond donors (Lipinski definition) is 1. The molecule has 1 aromatic carbocycles. The lowest BCUT2D eigenvalue weighted by atomic mass is 10.0. The highest BCUT2D eigenvalue weighted by Crippen LogP contribution is 2.24. The molecule has 3 aromatic rings. The number of nitrogens with zero attached hydrogens (tertiary/aromatic N) is 5. The first-order valence-corrected chi connectivity index (χ1v) is 9.51. The summed E-state index contributed by atoms with van der Waals surface area (Å²) in [5.74, 6) is 0. The van der Waals surface area contributed by atoms with E-state index in [9.17, 15) is 5.11 Å². The Labute approximate surface area is 159 Å². The van der Waals surface area contributed by atoms with Gasteiger partial charge in [0.05, 0.1) is 24.0 Å². The summed E-state index contributed by atoms with van der Waals surface area (Å²) in [7, 11) is 0. The van der Waals surface area contributed by atoms with Crippen molar-refractivity contribution >= 4 is 0 Å². The van der Waals surface area contributed by atoms with Crippen LogP contribution in [0, 0.1) is 0 Å². The van der Waals surface area contributed by atoms with Gasteiger partial charge in [0.1, 0.15) is 5.69 Å². The van der Waals surface area contributed by atoms with Crippen LogP contribution < -0.4 is 0 Å². The Kier molecular flexibility index (Phi) is 5.27. The van der Waals surface area contributed by atoms with Gasteiger partial charge in [-0.3, -0.25) is 9.88 Å². The van der Waals surface area contributed by atoms with Crippen LogP contribution in [0.4, 0.5) is 0 Å². The van der Waals surface area contributed by atoms with Crippen molar-refractivity contribution in [2.45, 2.75) is 38.5 Å².